The Kier molecular flexibility index (Phi) is 5.48. The molecule has 0 bridgehead atoms. The Morgan fingerprint density at radius 3 is 2.28 bits per heavy atom. The highest BCUT2D eigenvalue weighted by molar-refractivity contribution is 5.88. The van der Waals surface area contributed by atoms with Crippen LogP contribution in [-0.2, 0) is 11.3 Å². The summed E-state index contributed by atoms with van der Waals surface area (Å²) in [5.74, 6) is -3.01. The molecule has 0 aliphatic heterocycles. The first-order chi connectivity index (χ1) is 11.7. The molecular formula is C16H11F3O6. The smallest absolute Gasteiger partial charge is 0.478 e. The van der Waals surface area contributed by atoms with E-state index < -0.39 is 30.0 Å². The molecule has 0 aliphatic rings. The Labute approximate surface area is 139 Å². The van der Waals surface area contributed by atoms with Crippen LogP contribution in [0.4, 0.5) is 18.0 Å². The zero-order valence-electron chi connectivity index (χ0n) is 12.4. The molecule has 0 radical (unpaired) electrons. The Morgan fingerprint density at radius 1 is 1.00 bits per heavy atom. The summed E-state index contributed by atoms with van der Waals surface area (Å²) >= 11 is 0. The average molecular weight is 356 g/mol. The van der Waals surface area contributed by atoms with Crippen LogP contribution in [0.3, 0.4) is 0 Å². The number of carbonyl (C=O) groups excluding carboxylic acids is 1. The SMILES string of the molecule is O=C(OCc1ccccc1)Oc1cc(C(=O)O)ccc1OC(F)(F)F. The lowest BCUT2D eigenvalue weighted by molar-refractivity contribution is -0.275. The van der Waals surface area contributed by atoms with Crippen molar-refractivity contribution in [1.29, 1.82) is 0 Å². The molecular weight excluding hydrogens is 345 g/mol. The van der Waals surface area contributed by atoms with Gasteiger partial charge in [-0.1, -0.05) is 30.3 Å². The first-order valence-corrected chi connectivity index (χ1v) is 6.76. The molecule has 0 aliphatic carbocycles. The third-order valence-electron chi connectivity index (χ3n) is 2.81. The minimum Gasteiger partial charge on any atom is -0.478 e. The number of benzene rings is 2. The summed E-state index contributed by atoms with van der Waals surface area (Å²) in [4.78, 5) is 22.6. The van der Waals surface area contributed by atoms with Gasteiger partial charge in [0.05, 0.1) is 5.56 Å². The molecule has 9 heteroatoms. The molecule has 0 atom stereocenters. The molecule has 0 spiro atoms. The quantitative estimate of drug-likeness (QED) is 0.644. The maximum atomic E-state index is 12.4. The largest absolute Gasteiger partial charge is 0.573 e. The predicted molar refractivity (Wildman–Crippen MR) is 77.3 cm³/mol. The molecule has 0 heterocycles. The minimum atomic E-state index is -5.04. The molecule has 0 aromatic heterocycles. The van der Waals surface area contributed by atoms with Gasteiger partial charge < -0.3 is 19.3 Å². The number of aromatic carboxylic acids is 1. The first kappa shape index (κ1) is 18.1. The minimum absolute atomic E-state index is 0.173. The molecule has 0 unspecified atom stereocenters. The number of carbonyl (C=O) groups is 2. The Morgan fingerprint density at radius 2 is 1.68 bits per heavy atom. The molecule has 2 rings (SSSR count). The molecule has 0 saturated heterocycles. The van der Waals surface area contributed by atoms with Crippen LogP contribution in [0, 0.1) is 0 Å². The number of ether oxygens (including phenoxy) is 3. The van der Waals surface area contributed by atoms with Gasteiger partial charge in [0.1, 0.15) is 6.61 Å². The second kappa shape index (κ2) is 7.56. The van der Waals surface area contributed by atoms with E-state index in [0.29, 0.717) is 5.56 Å². The topological polar surface area (TPSA) is 82.1 Å². The van der Waals surface area contributed by atoms with Crippen molar-refractivity contribution < 1.29 is 42.1 Å². The Hall–Kier alpha value is -3.23. The number of carboxylic acid groups (broad SMARTS) is 1. The summed E-state index contributed by atoms with van der Waals surface area (Å²) in [6, 6.07) is 10.8. The maximum Gasteiger partial charge on any atom is 0.573 e. The van der Waals surface area contributed by atoms with Crippen LogP contribution in [0.2, 0.25) is 0 Å². The number of hydrogen-bond donors (Lipinski definition) is 1. The molecule has 6 nitrogen and oxygen atoms in total. The van der Waals surface area contributed by atoms with Gasteiger partial charge in [0, 0.05) is 0 Å². The van der Waals surface area contributed by atoms with Crippen LogP contribution in [0.5, 0.6) is 11.5 Å². The fourth-order valence-corrected chi connectivity index (χ4v) is 1.77. The first-order valence-electron chi connectivity index (χ1n) is 6.76. The third-order valence-corrected chi connectivity index (χ3v) is 2.81. The third kappa shape index (κ3) is 5.72. The van der Waals surface area contributed by atoms with Crippen LogP contribution < -0.4 is 9.47 Å². The monoisotopic (exact) mass is 356 g/mol. The lowest BCUT2D eigenvalue weighted by Gasteiger charge is -2.13. The van der Waals surface area contributed by atoms with Crippen molar-refractivity contribution in [1.82, 2.24) is 0 Å². The van der Waals surface area contributed by atoms with E-state index in [9.17, 15) is 22.8 Å². The van der Waals surface area contributed by atoms with E-state index in [1.807, 2.05) is 0 Å². The van der Waals surface area contributed by atoms with Crippen molar-refractivity contribution in [2.24, 2.45) is 0 Å². The van der Waals surface area contributed by atoms with Crippen molar-refractivity contribution in [2.75, 3.05) is 0 Å². The molecule has 25 heavy (non-hydrogen) atoms. The lowest BCUT2D eigenvalue weighted by Crippen LogP contribution is -2.19. The summed E-state index contributed by atoms with van der Waals surface area (Å²) in [6.45, 7) is -0.173. The van der Waals surface area contributed by atoms with Gasteiger partial charge in [0.2, 0.25) is 0 Å². The van der Waals surface area contributed by atoms with Gasteiger partial charge in [-0.15, -0.1) is 13.2 Å². The van der Waals surface area contributed by atoms with Crippen molar-refractivity contribution in [2.45, 2.75) is 13.0 Å². The number of alkyl halides is 3. The van der Waals surface area contributed by atoms with Crippen molar-refractivity contribution in [3.05, 3.63) is 59.7 Å². The van der Waals surface area contributed by atoms with Gasteiger partial charge in [-0.2, -0.15) is 0 Å². The van der Waals surface area contributed by atoms with Crippen LogP contribution >= 0.6 is 0 Å². The zero-order chi connectivity index (χ0) is 18.4. The number of rotatable bonds is 5. The summed E-state index contributed by atoms with van der Waals surface area (Å²) in [5, 5.41) is 8.88. The molecule has 132 valence electrons. The predicted octanol–water partition coefficient (Wildman–Crippen LogP) is 4.00. The van der Waals surface area contributed by atoms with E-state index in [2.05, 4.69) is 9.47 Å². The van der Waals surface area contributed by atoms with E-state index in [4.69, 9.17) is 9.84 Å². The highest BCUT2D eigenvalue weighted by atomic mass is 19.4. The van der Waals surface area contributed by atoms with E-state index >= 15 is 0 Å². The normalized spacial score (nSPS) is 10.8. The Balaban J connectivity index is 2.13. The van der Waals surface area contributed by atoms with E-state index in [1.165, 1.54) is 0 Å². The lowest BCUT2D eigenvalue weighted by atomic mass is 10.2. The van der Waals surface area contributed by atoms with Gasteiger partial charge in [0.15, 0.2) is 11.5 Å². The van der Waals surface area contributed by atoms with Crippen LogP contribution in [0.15, 0.2) is 48.5 Å². The van der Waals surface area contributed by atoms with Crippen LogP contribution in [0.1, 0.15) is 15.9 Å². The van der Waals surface area contributed by atoms with Crippen molar-refractivity contribution in [3.8, 4) is 11.5 Å². The second-order valence-electron chi connectivity index (χ2n) is 4.64. The molecule has 2 aromatic carbocycles. The second-order valence-corrected chi connectivity index (χ2v) is 4.64. The van der Waals surface area contributed by atoms with E-state index in [-0.39, 0.29) is 12.2 Å². The highest BCUT2D eigenvalue weighted by Gasteiger charge is 2.33. The summed E-state index contributed by atoms with van der Waals surface area (Å²) in [6.07, 6.45) is -6.35. The standard InChI is InChI=1S/C16H11F3O6/c17-16(18,19)25-12-7-6-11(14(20)21)8-13(12)24-15(22)23-9-10-4-2-1-3-5-10/h1-8H,9H2,(H,20,21). The summed E-state index contributed by atoms with van der Waals surface area (Å²) < 4.78 is 50.3. The van der Waals surface area contributed by atoms with E-state index in [1.54, 1.807) is 30.3 Å². The molecule has 0 fully saturated rings. The van der Waals surface area contributed by atoms with Crippen LogP contribution in [-0.4, -0.2) is 23.6 Å². The summed E-state index contributed by atoms with van der Waals surface area (Å²) in [7, 11) is 0. The molecule has 0 amide bonds. The van der Waals surface area contributed by atoms with Gasteiger partial charge in [0.25, 0.3) is 0 Å². The van der Waals surface area contributed by atoms with Crippen LogP contribution in [0.25, 0.3) is 0 Å². The number of hydrogen-bond acceptors (Lipinski definition) is 5. The highest BCUT2D eigenvalue weighted by Crippen LogP contribution is 2.33. The van der Waals surface area contributed by atoms with Gasteiger partial charge in [-0.05, 0) is 23.8 Å². The average Bonchev–Trinajstić information content (AvgIpc) is 2.54. The fraction of sp³-hybridized carbons (Fsp3) is 0.125. The number of carboxylic acids is 1. The van der Waals surface area contributed by atoms with Gasteiger partial charge in [-0.3, -0.25) is 0 Å². The molecule has 2 aromatic rings. The Bertz CT molecular complexity index is 758. The zero-order valence-corrected chi connectivity index (χ0v) is 12.4. The van der Waals surface area contributed by atoms with Crippen molar-refractivity contribution in [3.63, 3.8) is 0 Å². The number of halogens is 3. The molecule has 1 N–H and O–H groups in total. The maximum absolute atomic E-state index is 12.4. The van der Waals surface area contributed by atoms with Crippen molar-refractivity contribution >= 4 is 12.1 Å². The summed E-state index contributed by atoms with van der Waals surface area (Å²) in [5.41, 5.74) is 0.242. The van der Waals surface area contributed by atoms with Gasteiger partial charge in [-0.25, -0.2) is 9.59 Å². The van der Waals surface area contributed by atoms with E-state index in [0.717, 1.165) is 18.2 Å². The van der Waals surface area contributed by atoms with Gasteiger partial charge >= 0.3 is 18.5 Å². The fourth-order valence-electron chi connectivity index (χ4n) is 1.77. The molecule has 0 saturated carbocycles.